The molecule has 0 amide bonds. The number of aliphatic hydroxyl groups excluding tert-OH is 1. The fourth-order valence-corrected chi connectivity index (χ4v) is 1.39. The summed E-state index contributed by atoms with van der Waals surface area (Å²) in [6, 6.07) is 7.43. The predicted octanol–water partition coefficient (Wildman–Crippen LogP) is 2.32. The maximum atomic E-state index is 11.2. The SMILES string of the molecule is CCCC(=O)Oc1ccc(CCCO)cc1. The van der Waals surface area contributed by atoms with Gasteiger partial charge < -0.3 is 9.84 Å². The maximum absolute atomic E-state index is 11.2. The highest BCUT2D eigenvalue weighted by Gasteiger charge is 2.02. The summed E-state index contributed by atoms with van der Waals surface area (Å²) in [5.74, 6) is 0.400. The molecule has 1 aromatic carbocycles. The highest BCUT2D eigenvalue weighted by molar-refractivity contribution is 5.72. The molecular weight excluding hydrogens is 204 g/mol. The van der Waals surface area contributed by atoms with E-state index in [-0.39, 0.29) is 12.6 Å². The van der Waals surface area contributed by atoms with Gasteiger partial charge in [0.1, 0.15) is 5.75 Å². The number of carbonyl (C=O) groups excluding carboxylic acids is 1. The van der Waals surface area contributed by atoms with Gasteiger partial charge in [-0.3, -0.25) is 4.79 Å². The van der Waals surface area contributed by atoms with E-state index in [9.17, 15) is 4.79 Å². The van der Waals surface area contributed by atoms with Crippen molar-refractivity contribution in [2.75, 3.05) is 6.61 Å². The molecule has 0 saturated heterocycles. The van der Waals surface area contributed by atoms with Gasteiger partial charge in [0.15, 0.2) is 0 Å². The first-order valence-corrected chi connectivity index (χ1v) is 5.66. The van der Waals surface area contributed by atoms with Crippen LogP contribution in [0.5, 0.6) is 5.75 Å². The van der Waals surface area contributed by atoms with Gasteiger partial charge >= 0.3 is 5.97 Å². The number of hydrogen-bond donors (Lipinski definition) is 1. The van der Waals surface area contributed by atoms with E-state index < -0.39 is 0 Å². The van der Waals surface area contributed by atoms with Gasteiger partial charge in [0, 0.05) is 13.0 Å². The van der Waals surface area contributed by atoms with E-state index in [2.05, 4.69) is 0 Å². The van der Waals surface area contributed by atoms with Gasteiger partial charge in [-0.25, -0.2) is 0 Å². The molecule has 3 nitrogen and oxygen atoms in total. The Morgan fingerprint density at radius 3 is 2.56 bits per heavy atom. The van der Waals surface area contributed by atoms with Gasteiger partial charge in [0.25, 0.3) is 0 Å². The number of esters is 1. The Morgan fingerprint density at radius 1 is 1.31 bits per heavy atom. The van der Waals surface area contributed by atoms with Crippen molar-refractivity contribution in [3.8, 4) is 5.75 Å². The van der Waals surface area contributed by atoms with Crippen molar-refractivity contribution in [2.24, 2.45) is 0 Å². The number of hydrogen-bond acceptors (Lipinski definition) is 3. The van der Waals surface area contributed by atoms with E-state index in [0.717, 1.165) is 24.8 Å². The van der Waals surface area contributed by atoms with Crippen molar-refractivity contribution in [3.63, 3.8) is 0 Å². The second-order valence-electron chi connectivity index (χ2n) is 3.70. The summed E-state index contributed by atoms with van der Waals surface area (Å²) in [4.78, 5) is 11.2. The van der Waals surface area contributed by atoms with Crippen LogP contribution in [0.2, 0.25) is 0 Å². The van der Waals surface area contributed by atoms with Crippen molar-refractivity contribution in [3.05, 3.63) is 29.8 Å². The Kier molecular flexibility index (Phi) is 5.57. The lowest BCUT2D eigenvalue weighted by atomic mass is 10.1. The van der Waals surface area contributed by atoms with Crippen LogP contribution in [0.4, 0.5) is 0 Å². The van der Waals surface area contributed by atoms with Crippen molar-refractivity contribution in [1.29, 1.82) is 0 Å². The fraction of sp³-hybridized carbons (Fsp3) is 0.462. The second kappa shape index (κ2) is 7.01. The first-order valence-electron chi connectivity index (χ1n) is 5.66. The molecule has 0 aliphatic rings. The molecule has 0 radical (unpaired) electrons. The standard InChI is InChI=1S/C13H18O3/c1-2-4-13(15)16-12-8-6-11(7-9-12)5-3-10-14/h6-9,14H,2-5,10H2,1H3. The monoisotopic (exact) mass is 222 g/mol. The first kappa shape index (κ1) is 12.7. The van der Waals surface area contributed by atoms with E-state index in [4.69, 9.17) is 9.84 Å². The number of rotatable bonds is 6. The van der Waals surface area contributed by atoms with Crippen LogP contribution in [-0.2, 0) is 11.2 Å². The Morgan fingerprint density at radius 2 is 2.00 bits per heavy atom. The molecule has 16 heavy (non-hydrogen) atoms. The van der Waals surface area contributed by atoms with Gasteiger partial charge in [-0.1, -0.05) is 19.1 Å². The van der Waals surface area contributed by atoms with Gasteiger partial charge in [0.2, 0.25) is 0 Å². The topological polar surface area (TPSA) is 46.5 Å². The van der Waals surface area contributed by atoms with Crippen LogP contribution in [0.25, 0.3) is 0 Å². The molecule has 0 aliphatic carbocycles. The predicted molar refractivity (Wildman–Crippen MR) is 62.4 cm³/mol. The highest BCUT2D eigenvalue weighted by Crippen LogP contribution is 2.14. The van der Waals surface area contributed by atoms with Crippen LogP contribution in [0, 0.1) is 0 Å². The van der Waals surface area contributed by atoms with Crippen molar-refractivity contribution < 1.29 is 14.6 Å². The van der Waals surface area contributed by atoms with Crippen LogP contribution < -0.4 is 4.74 Å². The third-order valence-corrected chi connectivity index (χ3v) is 2.23. The van der Waals surface area contributed by atoms with Gasteiger partial charge in [-0.05, 0) is 37.0 Å². The van der Waals surface area contributed by atoms with Crippen molar-refractivity contribution >= 4 is 5.97 Å². The largest absolute Gasteiger partial charge is 0.427 e. The smallest absolute Gasteiger partial charge is 0.311 e. The van der Waals surface area contributed by atoms with E-state index in [1.165, 1.54) is 0 Å². The fourth-order valence-electron chi connectivity index (χ4n) is 1.39. The Balaban J connectivity index is 2.47. The van der Waals surface area contributed by atoms with Gasteiger partial charge in [0.05, 0.1) is 0 Å². The quantitative estimate of drug-likeness (QED) is 0.593. The molecule has 1 N–H and O–H groups in total. The van der Waals surface area contributed by atoms with E-state index >= 15 is 0 Å². The lowest BCUT2D eigenvalue weighted by molar-refractivity contribution is -0.134. The summed E-state index contributed by atoms with van der Waals surface area (Å²) in [6.45, 7) is 2.15. The number of aliphatic hydroxyl groups is 1. The summed E-state index contributed by atoms with van der Waals surface area (Å²) in [5.41, 5.74) is 1.14. The minimum Gasteiger partial charge on any atom is -0.427 e. The molecule has 88 valence electrons. The molecule has 0 fully saturated rings. The summed E-state index contributed by atoms with van der Waals surface area (Å²) in [6.07, 6.45) is 2.86. The molecule has 3 heteroatoms. The number of carbonyl (C=O) groups is 1. The minimum absolute atomic E-state index is 0.189. The van der Waals surface area contributed by atoms with Crippen molar-refractivity contribution in [1.82, 2.24) is 0 Å². The van der Waals surface area contributed by atoms with E-state index in [1.54, 1.807) is 12.1 Å². The Labute approximate surface area is 96.1 Å². The van der Waals surface area contributed by atoms with Crippen LogP contribution in [0.3, 0.4) is 0 Å². The van der Waals surface area contributed by atoms with Crippen LogP contribution in [-0.4, -0.2) is 17.7 Å². The maximum Gasteiger partial charge on any atom is 0.311 e. The molecule has 0 spiro atoms. The zero-order valence-corrected chi connectivity index (χ0v) is 9.61. The van der Waals surface area contributed by atoms with E-state index in [1.807, 2.05) is 19.1 Å². The number of ether oxygens (including phenoxy) is 1. The lowest BCUT2D eigenvalue weighted by Crippen LogP contribution is -2.06. The third-order valence-electron chi connectivity index (χ3n) is 2.23. The zero-order valence-electron chi connectivity index (χ0n) is 9.61. The Hall–Kier alpha value is -1.35. The molecule has 0 aromatic heterocycles. The normalized spacial score (nSPS) is 10.1. The zero-order chi connectivity index (χ0) is 11.8. The molecule has 0 aliphatic heterocycles. The summed E-state index contributed by atoms with van der Waals surface area (Å²) < 4.78 is 5.13. The molecule has 1 rings (SSSR count). The molecular formula is C13H18O3. The first-order chi connectivity index (χ1) is 7.76. The molecule has 0 bridgehead atoms. The van der Waals surface area contributed by atoms with E-state index in [0.29, 0.717) is 12.2 Å². The van der Waals surface area contributed by atoms with Crippen molar-refractivity contribution in [2.45, 2.75) is 32.6 Å². The molecule has 0 saturated carbocycles. The second-order valence-corrected chi connectivity index (χ2v) is 3.70. The summed E-state index contributed by atoms with van der Waals surface area (Å²) in [5, 5.41) is 8.69. The average Bonchev–Trinajstić information content (AvgIpc) is 2.28. The summed E-state index contributed by atoms with van der Waals surface area (Å²) in [7, 11) is 0. The molecule has 0 heterocycles. The van der Waals surface area contributed by atoms with Crippen LogP contribution in [0.1, 0.15) is 31.7 Å². The number of aryl methyl sites for hydroxylation is 1. The van der Waals surface area contributed by atoms with Gasteiger partial charge in [-0.15, -0.1) is 0 Å². The van der Waals surface area contributed by atoms with Crippen LogP contribution in [0.15, 0.2) is 24.3 Å². The van der Waals surface area contributed by atoms with Crippen LogP contribution >= 0.6 is 0 Å². The molecule has 0 atom stereocenters. The third kappa shape index (κ3) is 4.45. The minimum atomic E-state index is -0.189. The molecule has 1 aromatic rings. The average molecular weight is 222 g/mol. The highest BCUT2D eigenvalue weighted by atomic mass is 16.5. The number of benzene rings is 1. The Bertz CT molecular complexity index is 316. The molecule has 0 unspecified atom stereocenters. The lowest BCUT2D eigenvalue weighted by Gasteiger charge is -2.04. The van der Waals surface area contributed by atoms with Gasteiger partial charge in [-0.2, -0.15) is 0 Å². The summed E-state index contributed by atoms with van der Waals surface area (Å²) >= 11 is 0.